The third kappa shape index (κ3) is 7.75. The summed E-state index contributed by atoms with van der Waals surface area (Å²) < 4.78 is 43.6. The molecule has 0 rings (SSSR count). The Labute approximate surface area is 85.2 Å². The molecular formula is C9H11F3O3. The highest BCUT2D eigenvalue weighted by atomic mass is 19.4. The van der Waals surface area contributed by atoms with Gasteiger partial charge in [-0.15, -0.1) is 0 Å². The van der Waals surface area contributed by atoms with E-state index in [1.807, 2.05) is 0 Å². The van der Waals surface area contributed by atoms with E-state index in [1.54, 1.807) is 0 Å². The number of carbonyl (C=O) groups is 1. The van der Waals surface area contributed by atoms with Gasteiger partial charge in [-0.05, 0) is 0 Å². The average Bonchev–Trinajstić information content (AvgIpc) is 2.11. The molecule has 0 saturated heterocycles. The number of hydrogen-bond donors (Lipinski definition) is 0. The predicted molar refractivity (Wildman–Crippen MR) is 47.2 cm³/mol. The van der Waals surface area contributed by atoms with Gasteiger partial charge in [-0.25, -0.2) is 4.79 Å². The molecule has 0 aromatic heterocycles. The van der Waals surface area contributed by atoms with Crippen LogP contribution < -0.4 is 0 Å². The molecule has 0 unspecified atom stereocenters. The zero-order valence-electron chi connectivity index (χ0n) is 7.97. The number of esters is 1. The Morgan fingerprint density at radius 1 is 1.40 bits per heavy atom. The molecule has 0 heterocycles. The van der Waals surface area contributed by atoms with Crippen LogP contribution in [0.25, 0.3) is 0 Å². The summed E-state index contributed by atoms with van der Waals surface area (Å²) >= 11 is 0. The molecule has 0 spiro atoms. The van der Waals surface area contributed by atoms with Crippen molar-refractivity contribution in [3.8, 4) is 0 Å². The molecule has 15 heavy (non-hydrogen) atoms. The highest BCUT2D eigenvalue weighted by molar-refractivity contribution is 5.88. The third-order valence-electron chi connectivity index (χ3n) is 1.16. The summed E-state index contributed by atoms with van der Waals surface area (Å²) in [5, 5.41) is 0. The van der Waals surface area contributed by atoms with E-state index < -0.39 is 25.4 Å². The van der Waals surface area contributed by atoms with Crippen LogP contribution in [0.5, 0.6) is 0 Å². The molecule has 0 aromatic rings. The van der Waals surface area contributed by atoms with Crippen LogP contribution in [0, 0.1) is 0 Å². The van der Waals surface area contributed by atoms with E-state index in [0.717, 1.165) is 0 Å². The van der Waals surface area contributed by atoms with Gasteiger partial charge in [0.1, 0.15) is 13.2 Å². The Balaban J connectivity index is 3.74. The number of ether oxygens (including phenoxy) is 2. The smallest absolute Gasteiger partial charge is 0.411 e. The molecular weight excluding hydrogens is 213 g/mol. The van der Waals surface area contributed by atoms with Crippen molar-refractivity contribution in [1.82, 2.24) is 0 Å². The quantitative estimate of drug-likeness (QED) is 0.392. The second-order valence-corrected chi connectivity index (χ2v) is 2.60. The first-order valence-corrected chi connectivity index (χ1v) is 3.97. The number of hydrogen-bond acceptors (Lipinski definition) is 3. The summed E-state index contributed by atoms with van der Waals surface area (Å²) in [7, 11) is 0. The Morgan fingerprint density at radius 2 is 2.00 bits per heavy atom. The van der Waals surface area contributed by atoms with Gasteiger partial charge >= 0.3 is 12.1 Å². The van der Waals surface area contributed by atoms with Crippen LogP contribution in [-0.4, -0.2) is 32.0 Å². The van der Waals surface area contributed by atoms with Crippen molar-refractivity contribution < 1.29 is 27.4 Å². The van der Waals surface area contributed by atoms with Crippen molar-refractivity contribution in [3.05, 3.63) is 24.8 Å². The fourth-order valence-electron chi connectivity index (χ4n) is 0.586. The van der Waals surface area contributed by atoms with Gasteiger partial charge in [0, 0.05) is 0 Å². The van der Waals surface area contributed by atoms with Crippen LogP contribution in [0.15, 0.2) is 24.8 Å². The second kappa shape index (κ2) is 6.23. The molecule has 0 radical (unpaired) electrons. The molecule has 0 aromatic carbocycles. The molecule has 3 nitrogen and oxygen atoms in total. The van der Waals surface area contributed by atoms with E-state index in [9.17, 15) is 18.0 Å². The number of alkyl halides is 3. The van der Waals surface area contributed by atoms with Crippen molar-refractivity contribution >= 4 is 5.97 Å². The lowest BCUT2D eigenvalue weighted by atomic mass is 10.3. The van der Waals surface area contributed by atoms with E-state index in [2.05, 4.69) is 22.6 Å². The van der Waals surface area contributed by atoms with Gasteiger partial charge in [0.2, 0.25) is 0 Å². The van der Waals surface area contributed by atoms with Crippen molar-refractivity contribution in [3.63, 3.8) is 0 Å². The van der Waals surface area contributed by atoms with Gasteiger partial charge in [0.05, 0.1) is 12.2 Å². The lowest BCUT2D eigenvalue weighted by Gasteiger charge is -2.08. The number of carbonyl (C=O) groups excluding carboxylic acids is 1. The maximum atomic E-state index is 11.6. The van der Waals surface area contributed by atoms with Gasteiger partial charge in [0.25, 0.3) is 0 Å². The summed E-state index contributed by atoms with van der Waals surface area (Å²) in [5.41, 5.74) is -0.166. The van der Waals surface area contributed by atoms with Crippen molar-refractivity contribution in [2.45, 2.75) is 6.18 Å². The zero-order chi connectivity index (χ0) is 11.9. The van der Waals surface area contributed by atoms with E-state index in [4.69, 9.17) is 0 Å². The van der Waals surface area contributed by atoms with Crippen LogP contribution >= 0.6 is 0 Å². The SMILES string of the molecule is C=CCOC(=O)C(=C)COCC(F)(F)F. The summed E-state index contributed by atoms with van der Waals surface area (Å²) in [5.74, 6) is -0.794. The topological polar surface area (TPSA) is 35.5 Å². The standard InChI is InChI=1S/C9H11F3O3/c1-3-4-15-8(13)7(2)5-14-6-9(10,11)12/h3H,1-2,4-6H2. The first-order valence-electron chi connectivity index (χ1n) is 3.97. The Hall–Kier alpha value is -1.30. The summed E-state index contributed by atoms with van der Waals surface area (Å²) in [4.78, 5) is 10.9. The molecule has 0 N–H and O–H groups in total. The summed E-state index contributed by atoms with van der Waals surface area (Å²) in [6, 6.07) is 0. The summed E-state index contributed by atoms with van der Waals surface area (Å²) in [6.45, 7) is 4.59. The Kier molecular flexibility index (Phi) is 5.69. The van der Waals surface area contributed by atoms with Gasteiger partial charge < -0.3 is 9.47 Å². The maximum Gasteiger partial charge on any atom is 0.411 e. The van der Waals surface area contributed by atoms with Crippen LogP contribution in [0.3, 0.4) is 0 Å². The first-order chi connectivity index (χ1) is 6.87. The van der Waals surface area contributed by atoms with E-state index >= 15 is 0 Å². The minimum absolute atomic E-state index is 0.0167. The van der Waals surface area contributed by atoms with Crippen LogP contribution in [0.2, 0.25) is 0 Å². The number of rotatable bonds is 6. The predicted octanol–water partition coefficient (Wildman–Crippen LogP) is 1.85. The van der Waals surface area contributed by atoms with Crippen LogP contribution in [0.1, 0.15) is 0 Å². The molecule has 0 amide bonds. The highest BCUT2D eigenvalue weighted by Gasteiger charge is 2.27. The first kappa shape index (κ1) is 13.7. The van der Waals surface area contributed by atoms with E-state index in [0.29, 0.717) is 0 Å². The average molecular weight is 224 g/mol. The van der Waals surface area contributed by atoms with Gasteiger partial charge in [0.15, 0.2) is 0 Å². The molecule has 0 aliphatic carbocycles. The van der Waals surface area contributed by atoms with Crippen LogP contribution in [-0.2, 0) is 14.3 Å². The van der Waals surface area contributed by atoms with Gasteiger partial charge in [-0.3, -0.25) is 0 Å². The van der Waals surface area contributed by atoms with Crippen molar-refractivity contribution in [2.24, 2.45) is 0 Å². The van der Waals surface area contributed by atoms with Crippen molar-refractivity contribution in [1.29, 1.82) is 0 Å². The highest BCUT2D eigenvalue weighted by Crippen LogP contribution is 2.14. The molecule has 0 atom stereocenters. The normalized spacial score (nSPS) is 10.9. The van der Waals surface area contributed by atoms with Gasteiger partial charge in [-0.2, -0.15) is 13.2 Å². The fourth-order valence-corrected chi connectivity index (χ4v) is 0.586. The molecule has 0 saturated carbocycles. The van der Waals surface area contributed by atoms with E-state index in [1.165, 1.54) is 6.08 Å². The maximum absolute atomic E-state index is 11.6. The molecule has 6 heteroatoms. The largest absolute Gasteiger partial charge is 0.458 e. The molecule has 86 valence electrons. The lowest BCUT2D eigenvalue weighted by Crippen LogP contribution is -2.20. The molecule has 0 fully saturated rings. The van der Waals surface area contributed by atoms with Crippen LogP contribution in [0.4, 0.5) is 13.2 Å². The number of halogens is 3. The molecule has 0 aliphatic heterocycles. The summed E-state index contributed by atoms with van der Waals surface area (Å²) in [6.07, 6.45) is -3.08. The lowest BCUT2D eigenvalue weighted by molar-refractivity contribution is -0.172. The zero-order valence-corrected chi connectivity index (χ0v) is 7.97. The Morgan fingerprint density at radius 3 is 2.47 bits per heavy atom. The van der Waals surface area contributed by atoms with Crippen molar-refractivity contribution in [2.75, 3.05) is 19.8 Å². The Bertz CT molecular complexity index is 245. The minimum Gasteiger partial charge on any atom is -0.458 e. The molecule has 0 aliphatic rings. The molecule has 0 bridgehead atoms. The minimum atomic E-state index is -4.41. The second-order valence-electron chi connectivity index (χ2n) is 2.60. The monoisotopic (exact) mass is 224 g/mol. The van der Waals surface area contributed by atoms with Gasteiger partial charge in [-0.1, -0.05) is 19.2 Å². The fraction of sp³-hybridized carbons (Fsp3) is 0.444. The third-order valence-corrected chi connectivity index (χ3v) is 1.16. The van der Waals surface area contributed by atoms with E-state index in [-0.39, 0.29) is 12.2 Å².